The van der Waals surface area contributed by atoms with Gasteiger partial charge in [-0.15, -0.1) is 0 Å². The number of hydrogen-bond acceptors (Lipinski definition) is 2. The summed E-state index contributed by atoms with van der Waals surface area (Å²) in [7, 11) is 0. The lowest BCUT2D eigenvalue weighted by molar-refractivity contribution is -0.135. The number of halogens is 5. The van der Waals surface area contributed by atoms with Crippen LogP contribution in [0.3, 0.4) is 0 Å². The van der Waals surface area contributed by atoms with Crippen molar-refractivity contribution in [3.63, 3.8) is 0 Å². The average Bonchev–Trinajstić information content (AvgIpc) is 2.27. The van der Waals surface area contributed by atoms with E-state index in [1.165, 1.54) is 0 Å². The summed E-state index contributed by atoms with van der Waals surface area (Å²) in [4.78, 5) is 0. The number of rotatable bonds is 5. The van der Waals surface area contributed by atoms with Crippen LogP contribution >= 0.6 is 38.5 Å². The van der Waals surface area contributed by atoms with Crippen molar-refractivity contribution < 1.29 is 13.2 Å². The SMILES string of the molecule is NNC(CCCC(F)(F)F)c1cc(Br)ccc1I. The monoisotopic (exact) mass is 436 g/mol. The van der Waals surface area contributed by atoms with Crippen molar-refractivity contribution in [2.24, 2.45) is 5.84 Å². The third-order valence-electron chi connectivity index (χ3n) is 2.49. The molecule has 0 saturated carbocycles. The van der Waals surface area contributed by atoms with Gasteiger partial charge in [-0.3, -0.25) is 11.3 Å². The predicted molar refractivity (Wildman–Crippen MR) is 76.8 cm³/mol. The molecule has 102 valence electrons. The first-order valence-corrected chi connectivity index (χ1v) is 7.18. The number of hydrogen-bond donors (Lipinski definition) is 2. The quantitative estimate of drug-likeness (QED) is 0.410. The zero-order chi connectivity index (χ0) is 13.8. The molecule has 0 saturated heterocycles. The summed E-state index contributed by atoms with van der Waals surface area (Å²) in [6.07, 6.45) is -4.48. The topological polar surface area (TPSA) is 38.0 Å². The largest absolute Gasteiger partial charge is 0.389 e. The maximum absolute atomic E-state index is 12.1. The van der Waals surface area contributed by atoms with Crippen molar-refractivity contribution in [2.75, 3.05) is 0 Å². The van der Waals surface area contributed by atoms with E-state index in [4.69, 9.17) is 5.84 Å². The van der Waals surface area contributed by atoms with Gasteiger partial charge in [0.05, 0.1) is 0 Å². The highest BCUT2D eigenvalue weighted by atomic mass is 127. The van der Waals surface area contributed by atoms with Crippen LogP contribution in [0.1, 0.15) is 30.9 Å². The van der Waals surface area contributed by atoms with Gasteiger partial charge < -0.3 is 0 Å². The Kier molecular flexibility index (Phi) is 6.36. The van der Waals surface area contributed by atoms with Crippen molar-refractivity contribution in [3.8, 4) is 0 Å². The summed E-state index contributed by atoms with van der Waals surface area (Å²) >= 11 is 5.49. The van der Waals surface area contributed by atoms with Crippen LogP contribution in [0, 0.1) is 3.57 Å². The molecule has 18 heavy (non-hydrogen) atoms. The van der Waals surface area contributed by atoms with E-state index in [0.29, 0.717) is 6.42 Å². The summed E-state index contributed by atoms with van der Waals surface area (Å²) in [6.45, 7) is 0. The Labute approximate surface area is 126 Å². The number of nitrogens with two attached hydrogens (primary N) is 1. The second-order valence-electron chi connectivity index (χ2n) is 3.89. The first-order chi connectivity index (χ1) is 8.33. The third kappa shape index (κ3) is 5.41. The fourth-order valence-electron chi connectivity index (χ4n) is 1.62. The molecular weight excluding hydrogens is 424 g/mol. The first-order valence-electron chi connectivity index (χ1n) is 5.31. The van der Waals surface area contributed by atoms with Gasteiger partial charge in [-0.1, -0.05) is 15.9 Å². The average molecular weight is 437 g/mol. The zero-order valence-electron chi connectivity index (χ0n) is 9.40. The maximum atomic E-state index is 12.1. The zero-order valence-corrected chi connectivity index (χ0v) is 13.1. The lowest BCUT2D eigenvalue weighted by atomic mass is 10.0. The maximum Gasteiger partial charge on any atom is 0.389 e. The second-order valence-corrected chi connectivity index (χ2v) is 5.97. The molecule has 1 unspecified atom stereocenters. The highest BCUT2D eigenvalue weighted by Crippen LogP contribution is 2.29. The molecule has 1 rings (SSSR count). The van der Waals surface area contributed by atoms with E-state index in [2.05, 4.69) is 43.9 Å². The third-order valence-corrected chi connectivity index (χ3v) is 3.96. The van der Waals surface area contributed by atoms with Crippen LogP contribution in [0.4, 0.5) is 13.2 Å². The van der Waals surface area contributed by atoms with Crippen molar-refractivity contribution in [3.05, 3.63) is 31.8 Å². The van der Waals surface area contributed by atoms with Crippen LogP contribution in [-0.4, -0.2) is 6.18 Å². The molecule has 7 heteroatoms. The molecule has 0 heterocycles. The molecule has 0 amide bonds. The summed E-state index contributed by atoms with van der Waals surface area (Å²) in [6, 6.07) is 5.39. The van der Waals surface area contributed by atoms with Crippen molar-refractivity contribution in [2.45, 2.75) is 31.5 Å². The summed E-state index contributed by atoms with van der Waals surface area (Å²) < 4.78 is 38.1. The Morgan fingerprint density at radius 2 is 2.06 bits per heavy atom. The molecule has 1 aromatic carbocycles. The molecule has 3 N–H and O–H groups in total. The van der Waals surface area contributed by atoms with Gasteiger partial charge in [-0.05, 0) is 59.2 Å². The Morgan fingerprint density at radius 3 is 2.61 bits per heavy atom. The number of hydrazine groups is 1. The minimum atomic E-state index is -4.11. The molecule has 0 spiro atoms. The van der Waals surface area contributed by atoms with Gasteiger partial charge in [0, 0.05) is 20.5 Å². The fourth-order valence-corrected chi connectivity index (χ4v) is 2.71. The van der Waals surface area contributed by atoms with Gasteiger partial charge in [0.25, 0.3) is 0 Å². The molecule has 0 radical (unpaired) electrons. The van der Waals surface area contributed by atoms with Crippen LogP contribution in [0.25, 0.3) is 0 Å². The fraction of sp³-hybridized carbons (Fsp3) is 0.455. The molecule has 0 aliphatic heterocycles. The van der Waals surface area contributed by atoms with Gasteiger partial charge >= 0.3 is 6.18 Å². The minimum absolute atomic E-state index is 0.0565. The van der Waals surface area contributed by atoms with Gasteiger partial charge in [-0.2, -0.15) is 13.2 Å². The number of alkyl halides is 3. The number of nitrogens with one attached hydrogen (secondary N) is 1. The van der Waals surface area contributed by atoms with E-state index in [9.17, 15) is 13.2 Å². The Morgan fingerprint density at radius 1 is 1.39 bits per heavy atom. The van der Waals surface area contributed by atoms with Crippen LogP contribution in [0.2, 0.25) is 0 Å². The molecule has 1 atom stereocenters. The molecular formula is C11H13BrF3IN2. The normalized spacial score (nSPS) is 13.7. The van der Waals surface area contributed by atoms with Crippen LogP contribution in [0.15, 0.2) is 22.7 Å². The van der Waals surface area contributed by atoms with Crippen LogP contribution in [-0.2, 0) is 0 Å². The Bertz CT molecular complexity index is 398. The molecule has 1 aromatic rings. The summed E-state index contributed by atoms with van der Waals surface area (Å²) in [5.41, 5.74) is 3.49. The lowest BCUT2D eigenvalue weighted by Crippen LogP contribution is -2.29. The van der Waals surface area contributed by atoms with E-state index in [-0.39, 0.29) is 12.5 Å². The summed E-state index contributed by atoms with van der Waals surface area (Å²) in [5, 5.41) is 0. The van der Waals surface area contributed by atoms with Gasteiger partial charge in [0.2, 0.25) is 0 Å². The van der Waals surface area contributed by atoms with E-state index in [1.54, 1.807) is 0 Å². The standard InChI is InChI=1S/C11H13BrF3IN2/c12-7-3-4-9(16)8(6-7)10(18-17)2-1-5-11(13,14)15/h3-4,6,10,18H,1-2,5,17H2. The highest BCUT2D eigenvalue weighted by Gasteiger charge is 2.27. The molecule has 0 aliphatic carbocycles. The number of benzene rings is 1. The minimum Gasteiger partial charge on any atom is -0.271 e. The van der Waals surface area contributed by atoms with Gasteiger partial charge in [0.1, 0.15) is 0 Å². The molecule has 0 fully saturated rings. The highest BCUT2D eigenvalue weighted by molar-refractivity contribution is 14.1. The predicted octanol–water partition coefficient (Wildman–Crippen LogP) is 4.29. The van der Waals surface area contributed by atoms with E-state index >= 15 is 0 Å². The lowest BCUT2D eigenvalue weighted by Gasteiger charge is -2.18. The van der Waals surface area contributed by atoms with Crippen LogP contribution < -0.4 is 11.3 Å². The summed E-state index contributed by atoms with van der Waals surface area (Å²) in [5.74, 6) is 5.42. The van der Waals surface area contributed by atoms with Crippen molar-refractivity contribution >= 4 is 38.5 Å². The Hall–Kier alpha value is 0.140. The van der Waals surface area contributed by atoms with Crippen molar-refractivity contribution in [1.82, 2.24) is 5.43 Å². The van der Waals surface area contributed by atoms with E-state index < -0.39 is 12.6 Å². The first kappa shape index (κ1) is 16.2. The Balaban J connectivity index is 2.68. The molecule has 2 nitrogen and oxygen atoms in total. The van der Waals surface area contributed by atoms with Gasteiger partial charge in [-0.25, -0.2) is 0 Å². The molecule has 0 aromatic heterocycles. The molecule has 0 aliphatic rings. The molecule has 0 bridgehead atoms. The van der Waals surface area contributed by atoms with Crippen molar-refractivity contribution in [1.29, 1.82) is 0 Å². The second kappa shape index (κ2) is 7.06. The van der Waals surface area contributed by atoms with E-state index in [0.717, 1.165) is 13.6 Å². The smallest absolute Gasteiger partial charge is 0.271 e. The van der Waals surface area contributed by atoms with Crippen LogP contribution in [0.5, 0.6) is 0 Å². The van der Waals surface area contributed by atoms with E-state index in [1.807, 2.05) is 18.2 Å². The van der Waals surface area contributed by atoms with Gasteiger partial charge in [0.15, 0.2) is 0 Å².